The molecule has 5 nitrogen and oxygen atoms in total. The Bertz CT molecular complexity index is 514. The standard InChI is InChI=1S/C16H25N3O2/c1-4-5-8-18-15(20)10-19-11-16(2,3)21-14-7-6-12(17)9-13(14)19/h6-7,9H,4-5,8,10-11,17H2,1-3H3,(H,18,20). The zero-order chi connectivity index (χ0) is 15.5. The summed E-state index contributed by atoms with van der Waals surface area (Å²) in [4.78, 5) is 14.1. The number of anilines is 2. The minimum absolute atomic E-state index is 0.0366. The van der Waals surface area contributed by atoms with Gasteiger partial charge in [-0.3, -0.25) is 4.79 Å². The summed E-state index contributed by atoms with van der Waals surface area (Å²) in [6.07, 6.45) is 2.08. The zero-order valence-corrected chi connectivity index (χ0v) is 13.1. The maximum Gasteiger partial charge on any atom is 0.239 e. The predicted octanol–water partition coefficient (Wildman–Crippen LogP) is 2.16. The SMILES string of the molecule is CCCCNC(=O)CN1CC(C)(C)Oc2ccc(N)cc21. The highest BCUT2D eigenvalue weighted by Crippen LogP contribution is 2.37. The molecule has 0 unspecified atom stereocenters. The Morgan fingerprint density at radius 2 is 2.24 bits per heavy atom. The highest BCUT2D eigenvalue weighted by Gasteiger charge is 2.32. The van der Waals surface area contributed by atoms with Gasteiger partial charge in [0.1, 0.15) is 11.4 Å². The van der Waals surface area contributed by atoms with Crippen molar-refractivity contribution >= 4 is 17.3 Å². The predicted molar refractivity (Wildman–Crippen MR) is 85.7 cm³/mol. The highest BCUT2D eigenvalue weighted by molar-refractivity contribution is 5.83. The van der Waals surface area contributed by atoms with Crippen LogP contribution in [-0.4, -0.2) is 31.1 Å². The summed E-state index contributed by atoms with van der Waals surface area (Å²) >= 11 is 0. The number of nitrogen functional groups attached to an aromatic ring is 1. The van der Waals surface area contributed by atoms with Gasteiger partial charge in [0.25, 0.3) is 0 Å². The summed E-state index contributed by atoms with van der Waals surface area (Å²) in [7, 11) is 0. The number of carbonyl (C=O) groups excluding carboxylic acids is 1. The highest BCUT2D eigenvalue weighted by atomic mass is 16.5. The van der Waals surface area contributed by atoms with E-state index in [9.17, 15) is 4.79 Å². The number of hydrogen-bond acceptors (Lipinski definition) is 4. The van der Waals surface area contributed by atoms with Gasteiger partial charge >= 0.3 is 0 Å². The van der Waals surface area contributed by atoms with Gasteiger partial charge in [0.2, 0.25) is 5.91 Å². The first-order valence-corrected chi connectivity index (χ1v) is 7.51. The summed E-state index contributed by atoms with van der Waals surface area (Å²) in [5, 5.41) is 2.95. The lowest BCUT2D eigenvalue weighted by Gasteiger charge is -2.40. The molecule has 0 spiro atoms. The second-order valence-corrected chi connectivity index (χ2v) is 6.15. The van der Waals surface area contributed by atoms with Gasteiger partial charge in [0.15, 0.2) is 0 Å². The monoisotopic (exact) mass is 291 g/mol. The number of nitrogens with two attached hydrogens (primary N) is 1. The number of carbonyl (C=O) groups is 1. The minimum atomic E-state index is -0.327. The first kappa shape index (κ1) is 15.5. The Morgan fingerprint density at radius 3 is 2.95 bits per heavy atom. The summed E-state index contributed by atoms with van der Waals surface area (Å²) in [5.41, 5.74) is 7.09. The number of benzene rings is 1. The smallest absolute Gasteiger partial charge is 0.239 e. The third kappa shape index (κ3) is 4.03. The molecule has 0 fully saturated rings. The number of hydrogen-bond donors (Lipinski definition) is 2. The van der Waals surface area contributed by atoms with Crippen molar-refractivity contribution in [3.8, 4) is 5.75 Å². The van der Waals surface area contributed by atoms with Gasteiger partial charge in [-0.1, -0.05) is 13.3 Å². The summed E-state index contributed by atoms with van der Waals surface area (Å²) < 4.78 is 5.96. The van der Waals surface area contributed by atoms with E-state index in [1.807, 2.05) is 36.9 Å². The summed E-state index contributed by atoms with van der Waals surface area (Å²) in [5.74, 6) is 0.816. The minimum Gasteiger partial charge on any atom is -0.484 e. The largest absolute Gasteiger partial charge is 0.484 e. The topological polar surface area (TPSA) is 67.6 Å². The Kier molecular flexibility index (Phi) is 4.60. The molecule has 0 radical (unpaired) electrons. The molecule has 0 aliphatic carbocycles. The maximum atomic E-state index is 12.1. The molecule has 1 aliphatic heterocycles. The molecule has 0 aromatic heterocycles. The molecule has 0 saturated carbocycles. The molecule has 0 bridgehead atoms. The Labute approximate surface area is 126 Å². The van der Waals surface area contributed by atoms with Gasteiger partial charge in [-0.15, -0.1) is 0 Å². The molecule has 2 rings (SSSR count). The van der Waals surface area contributed by atoms with Crippen molar-refractivity contribution in [2.24, 2.45) is 0 Å². The van der Waals surface area contributed by atoms with Crippen LogP contribution in [0.1, 0.15) is 33.6 Å². The molecular formula is C16H25N3O2. The van der Waals surface area contributed by atoms with Gasteiger partial charge in [0.05, 0.1) is 18.8 Å². The van der Waals surface area contributed by atoms with Crippen molar-refractivity contribution < 1.29 is 9.53 Å². The van der Waals surface area contributed by atoms with Crippen molar-refractivity contribution in [1.29, 1.82) is 0 Å². The Hall–Kier alpha value is -1.91. The van der Waals surface area contributed by atoms with Crippen LogP contribution in [0.4, 0.5) is 11.4 Å². The van der Waals surface area contributed by atoms with Crippen molar-refractivity contribution in [3.05, 3.63) is 18.2 Å². The van der Waals surface area contributed by atoms with Gasteiger partial charge in [0, 0.05) is 12.2 Å². The fraction of sp³-hybridized carbons (Fsp3) is 0.562. The summed E-state index contributed by atoms with van der Waals surface area (Å²) in [6, 6.07) is 5.55. The van der Waals surface area contributed by atoms with Crippen LogP contribution >= 0.6 is 0 Å². The number of fused-ring (bicyclic) bond motifs is 1. The van der Waals surface area contributed by atoms with Crippen LogP contribution in [-0.2, 0) is 4.79 Å². The number of rotatable bonds is 5. The van der Waals surface area contributed by atoms with E-state index in [4.69, 9.17) is 10.5 Å². The number of amides is 1. The Balaban J connectivity index is 2.11. The van der Waals surface area contributed by atoms with Crippen LogP contribution in [0.3, 0.4) is 0 Å². The quantitative estimate of drug-likeness (QED) is 0.644. The van der Waals surface area contributed by atoms with E-state index >= 15 is 0 Å². The second kappa shape index (κ2) is 6.24. The normalized spacial score (nSPS) is 16.0. The van der Waals surface area contributed by atoms with Crippen molar-refractivity contribution in [1.82, 2.24) is 5.32 Å². The molecule has 1 aromatic rings. The van der Waals surface area contributed by atoms with Crippen LogP contribution < -0.4 is 20.7 Å². The number of nitrogens with zero attached hydrogens (tertiary/aromatic N) is 1. The molecule has 1 aromatic carbocycles. The Morgan fingerprint density at radius 1 is 1.48 bits per heavy atom. The van der Waals surface area contributed by atoms with Gasteiger partial charge < -0.3 is 20.7 Å². The van der Waals surface area contributed by atoms with E-state index < -0.39 is 0 Å². The lowest BCUT2D eigenvalue weighted by molar-refractivity contribution is -0.119. The van der Waals surface area contributed by atoms with Crippen molar-refractivity contribution in [2.75, 3.05) is 30.3 Å². The van der Waals surface area contributed by atoms with Gasteiger partial charge in [-0.05, 0) is 38.5 Å². The van der Waals surface area contributed by atoms with E-state index in [0.717, 1.165) is 30.8 Å². The molecule has 0 atom stereocenters. The summed E-state index contributed by atoms with van der Waals surface area (Å²) in [6.45, 7) is 7.86. The molecule has 1 aliphatic rings. The van der Waals surface area contributed by atoms with E-state index in [2.05, 4.69) is 12.2 Å². The molecule has 1 heterocycles. The van der Waals surface area contributed by atoms with E-state index in [-0.39, 0.29) is 11.5 Å². The lowest BCUT2D eigenvalue weighted by Crippen LogP contribution is -2.50. The van der Waals surface area contributed by atoms with Crippen molar-refractivity contribution in [3.63, 3.8) is 0 Å². The average molecular weight is 291 g/mol. The molecule has 0 saturated heterocycles. The maximum absolute atomic E-state index is 12.1. The number of nitrogens with one attached hydrogen (secondary N) is 1. The van der Waals surface area contributed by atoms with Crippen LogP contribution in [0.15, 0.2) is 18.2 Å². The van der Waals surface area contributed by atoms with Crippen LogP contribution in [0, 0.1) is 0 Å². The third-order valence-corrected chi connectivity index (χ3v) is 3.47. The van der Waals surface area contributed by atoms with E-state index in [1.165, 1.54) is 0 Å². The fourth-order valence-corrected chi connectivity index (χ4v) is 2.52. The number of ether oxygens (including phenoxy) is 1. The number of unbranched alkanes of at least 4 members (excludes halogenated alkanes) is 1. The van der Waals surface area contributed by atoms with Crippen LogP contribution in [0.2, 0.25) is 0 Å². The zero-order valence-electron chi connectivity index (χ0n) is 13.1. The first-order chi connectivity index (χ1) is 9.91. The third-order valence-electron chi connectivity index (χ3n) is 3.47. The molecule has 21 heavy (non-hydrogen) atoms. The van der Waals surface area contributed by atoms with Crippen LogP contribution in [0.25, 0.3) is 0 Å². The molecule has 1 amide bonds. The lowest BCUT2D eigenvalue weighted by atomic mass is 10.0. The first-order valence-electron chi connectivity index (χ1n) is 7.51. The fourth-order valence-electron chi connectivity index (χ4n) is 2.52. The average Bonchev–Trinajstić information content (AvgIpc) is 2.39. The van der Waals surface area contributed by atoms with Gasteiger partial charge in [-0.25, -0.2) is 0 Å². The molecule has 5 heteroatoms. The molecule has 3 N–H and O–H groups in total. The second-order valence-electron chi connectivity index (χ2n) is 6.15. The van der Waals surface area contributed by atoms with Gasteiger partial charge in [-0.2, -0.15) is 0 Å². The molecular weight excluding hydrogens is 266 g/mol. The van der Waals surface area contributed by atoms with Crippen molar-refractivity contribution in [2.45, 2.75) is 39.2 Å². The molecule has 116 valence electrons. The van der Waals surface area contributed by atoms with E-state index in [0.29, 0.717) is 18.8 Å². The van der Waals surface area contributed by atoms with E-state index in [1.54, 1.807) is 0 Å². The van der Waals surface area contributed by atoms with Crippen LogP contribution in [0.5, 0.6) is 5.75 Å².